The molecule has 0 atom stereocenters. The molecule has 2 rings (SSSR count). The zero-order valence-electron chi connectivity index (χ0n) is 11.4. The van der Waals surface area contributed by atoms with Crippen LogP contribution in [-0.4, -0.2) is 11.1 Å². The van der Waals surface area contributed by atoms with Crippen LogP contribution in [0.2, 0.25) is 0 Å². The van der Waals surface area contributed by atoms with Crippen LogP contribution in [-0.2, 0) is 0 Å². The van der Waals surface area contributed by atoms with Gasteiger partial charge in [-0.1, -0.05) is 0 Å². The minimum absolute atomic E-state index is 0.0932. The second-order valence-electron chi connectivity index (χ2n) is 4.64. The standard InChI is InChI=1S/C15H18N2O2/c1-10(2)18-14-6-12(16)7-15(8-14)19-13-5-4-11(3)17-9-13/h4-10H,16H2,1-3H3. The number of hydrogen-bond acceptors (Lipinski definition) is 4. The van der Waals surface area contributed by atoms with E-state index in [-0.39, 0.29) is 6.10 Å². The number of hydrogen-bond donors (Lipinski definition) is 1. The average molecular weight is 258 g/mol. The maximum atomic E-state index is 5.84. The molecule has 0 saturated carbocycles. The summed E-state index contributed by atoms with van der Waals surface area (Å²) in [6.07, 6.45) is 1.78. The fraction of sp³-hybridized carbons (Fsp3) is 0.267. The number of rotatable bonds is 4. The molecule has 4 heteroatoms. The van der Waals surface area contributed by atoms with Gasteiger partial charge < -0.3 is 15.2 Å². The highest BCUT2D eigenvalue weighted by molar-refractivity contribution is 5.51. The smallest absolute Gasteiger partial charge is 0.145 e. The molecule has 2 aromatic rings. The Morgan fingerprint density at radius 3 is 2.42 bits per heavy atom. The van der Waals surface area contributed by atoms with Gasteiger partial charge in [0.15, 0.2) is 0 Å². The molecule has 0 amide bonds. The lowest BCUT2D eigenvalue weighted by Crippen LogP contribution is -2.05. The van der Waals surface area contributed by atoms with E-state index < -0.39 is 0 Å². The molecule has 0 radical (unpaired) electrons. The molecule has 2 N–H and O–H groups in total. The SMILES string of the molecule is Cc1ccc(Oc2cc(N)cc(OC(C)C)c2)cn1. The Hall–Kier alpha value is -2.23. The lowest BCUT2D eigenvalue weighted by Gasteiger charge is -2.12. The number of pyridine rings is 1. The maximum Gasteiger partial charge on any atom is 0.145 e. The van der Waals surface area contributed by atoms with Crippen LogP contribution in [0.15, 0.2) is 36.5 Å². The van der Waals surface area contributed by atoms with Crippen molar-refractivity contribution >= 4 is 5.69 Å². The van der Waals surface area contributed by atoms with Gasteiger partial charge in [0, 0.05) is 29.6 Å². The molecule has 0 unspecified atom stereocenters. The molecule has 0 bridgehead atoms. The van der Waals surface area contributed by atoms with Crippen LogP contribution in [0.1, 0.15) is 19.5 Å². The van der Waals surface area contributed by atoms with E-state index in [4.69, 9.17) is 15.2 Å². The van der Waals surface area contributed by atoms with Gasteiger partial charge in [-0.05, 0) is 32.9 Å². The summed E-state index contributed by atoms with van der Waals surface area (Å²) in [7, 11) is 0. The van der Waals surface area contributed by atoms with Crippen molar-refractivity contribution < 1.29 is 9.47 Å². The van der Waals surface area contributed by atoms with Gasteiger partial charge in [0.25, 0.3) is 0 Å². The quantitative estimate of drug-likeness (QED) is 0.852. The molecule has 0 aliphatic rings. The van der Waals surface area contributed by atoms with E-state index in [0.717, 1.165) is 5.69 Å². The summed E-state index contributed by atoms with van der Waals surface area (Å²) >= 11 is 0. The molecule has 0 aliphatic carbocycles. The highest BCUT2D eigenvalue weighted by Crippen LogP contribution is 2.28. The third kappa shape index (κ3) is 3.88. The molecule has 19 heavy (non-hydrogen) atoms. The first-order valence-electron chi connectivity index (χ1n) is 6.20. The zero-order valence-corrected chi connectivity index (χ0v) is 11.4. The third-order valence-electron chi connectivity index (χ3n) is 2.39. The van der Waals surface area contributed by atoms with Crippen LogP contribution in [0.3, 0.4) is 0 Å². The van der Waals surface area contributed by atoms with Gasteiger partial charge in [-0.25, -0.2) is 0 Å². The van der Waals surface area contributed by atoms with E-state index in [1.807, 2.05) is 39.0 Å². The van der Waals surface area contributed by atoms with Crippen LogP contribution in [0, 0.1) is 6.92 Å². The molecule has 1 aromatic heterocycles. The molecule has 1 heterocycles. The minimum Gasteiger partial charge on any atom is -0.491 e. The fourth-order valence-corrected chi connectivity index (χ4v) is 1.64. The van der Waals surface area contributed by atoms with E-state index in [1.165, 1.54) is 0 Å². The number of ether oxygens (including phenoxy) is 2. The van der Waals surface area contributed by atoms with Crippen LogP contribution < -0.4 is 15.2 Å². The van der Waals surface area contributed by atoms with E-state index in [2.05, 4.69) is 4.98 Å². The Bertz CT molecular complexity index is 551. The van der Waals surface area contributed by atoms with Gasteiger partial charge in [-0.2, -0.15) is 0 Å². The summed E-state index contributed by atoms with van der Waals surface area (Å²) in [5, 5.41) is 0. The number of aromatic nitrogens is 1. The molecule has 1 aromatic carbocycles. The largest absolute Gasteiger partial charge is 0.491 e. The van der Waals surface area contributed by atoms with Gasteiger partial charge in [0.1, 0.15) is 17.2 Å². The number of aryl methyl sites for hydroxylation is 1. The molecular weight excluding hydrogens is 240 g/mol. The van der Waals surface area contributed by atoms with Crippen molar-refractivity contribution in [3.8, 4) is 17.2 Å². The third-order valence-corrected chi connectivity index (χ3v) is 2.39. The summed E-state index contributed by atoms with van der Waals surface area (Å²) < 4.78 is 11.3. The van der Waals surface area contributed by atoms with Crippen molar-refractivity contribution in [2.75, 3.05) is 5.73 Å². The fourth-order valence-electron chi connectivity index (χ4n) is 1.64. The van der Waals surface area contributed by atoms with Crippen molar-refractivity contribution in [1.29, 1.82) is 0 Å². The lowest BCUT2D eigenvalue weighted by atomic mass is 10.3. The van der Waals surface area contributed by atoms with Gasteiger partial charge in [0.2, 0.25) is 0 Å². The second-order valence-corrected chi connectivity index (χ2v) is 4.64. The van der Waals surface area contributed by atoms with Crippen molar-refractivity contribution in [2.24, 2.45) is 0 Å². The van der Waals surface area contributed by atoms with Gasteiger partial charge in [-0.15, -0.1) is 0 Å². The first-order valence-corrected chi connectivity index (χ1v) is 6.20. The number of benzene rings is 1. The monoisotopic (exact) mass is 258 g/mol. The Labute approximate surface area is 113 Å². The highest BCUT2D eigenvalue weighted by Gasteiger charge is 2.04. The lowest BCUT2D eigenvalue weighted by molar-refractivity contribution is 0.242. The summed E-state index contributed by atoms with van der Waals surface area (Å²) in [5.74, 6) is 2.01. The van der Waals surface area contributed by atoms with Crippen LogP contribution in [0.25, 0.3) is 0 Å². The Balaban J connectivity index is 2.19. The topological polar surface area (TPSA) is 57.4 Å². The number of anilines is 1. The Morgan fingerprint density at radius 1 is 1.05 bits per heavy atom. The Morgan fingerprint density at radius 2 is 1.79 bits per heavy atom. The molecule has 0 spiro atoms. The normalized spacial score (nSPS) is 10.5. The van der Waals surface area contributed by atoms with E-state index in [1.54, 1.807) is 18.3 Å². The summed E-state index contributed by atoms with van der Waals surface area (Å²) in [5.41, 5.74) is 7.39. The van der Waals surface area contributed by atoms with Gasteiger partial charge >= 0.3 is 0 Å². The minimum atomic E-state index is 0.0932. The molecule has 100 valence electrons. The predicted octanol–water partition coefficient (Wildman–Crippen LogP) is 3.55. The second kappa shape index (κ2) is 5.61. The summed E-state index contributed by atoms with van der Waals surface area (Å²) in [4.78, 5) is 4.18. The van der Waals surface area contributed by atoms with Crippen LogP contribution in [0.5, 0.6) is 17.2 Å². The molecule has 4 nitrogen and oxygen atoms in total. The van der Waals surface area contributed by atoms with E-state index in [0.29, 0.717) is 22.9 Å². The molecular formula is C15H18N2O2. The van der Waals surface area contributed by atoms with Crippen molar-refractivity contribution in [1.82, 2.24) is 4.98 Å². The predicted molar refractivity (Wildman–Crippen MR) is 75.7 cm³/mol. The van der Waals surface area contributed by atoms with Gasteiger partial charge in [-0.3, -0.25) is 4.98 Å². The van der Waals surface area contributed by atoms with Crippen LogP contribution in [0.4, 0.5) is 5.69 Å². The van der Waals surface area contributed by atoms with E-state index >= 15 is 0 Å². The maximum absolute atomic E-state index is 5.84. The number of nitrogens with zero attached hydrogens (tertiary/aromatic N) is 1. The average Bonchev–Trinajstić information content (AvgIpc) is 2.30. The van der Waals surface area contributed by atoms with Crippen molar-refractivity contribution in [2.45, 2.75) is 26.9 Å². The first kappa shape index (κ1) is 13.2. The summed E-state index contributed by atoms with van der Waals surface area (Å²) in [6.45, 7) is 5.86. The molecule has 0 aliphatic heterocycles. The first-order chi connectivity index (χ1) is 9.02. The van der Waals surface area contributed by atoms with E-state index in [9.17, 15) is 0 Å². The Kier molecular flexibility index (Phi) is 3.90. The number of nitrogens with two attached hydrogens (primary N) is 1. The van der Waals surface area contributed by atoms with Gasteiger partial charge in [0.05, 0.1) is 12.3 Å². The van der Waals surface area contributed by atoms with Crippen LogP contribution >= 0.6 is 0 Å². The number of nitrogen functional groups attached to an aromatic ring is 1. The highest BCUT2D eigenvalue weighted by atomic mass is 16.5. The van der Waals surface area contributed by atoms with Crippen molar-refractivity contribution in [3.05, 3.63) is 42.2 Å². The molecule has 0 fully saturated rings. The summed E-state index contributed by atoms with van der Waals surface area (Å²) in [6, 6.07) is 9.12. The van der Waals surface area contributed by atoms with Crippen molar-refractivity contribution in [3.63, 3.8) is 0 Å². The zero-order chi connectivity index (χ0) is 13.8. The molecule has 0 saturated heterocycles.